The van der Waals surface area contributed by atoms with Gasteiger partial charge in [-0.05, 0) is 55.5 Å². The number of benzene rings is 1. The molecule has 1 aliphatic rings. The third-order valence-electron chi connectivity index (χ3n) is 5.83. The molecule has 1 saturated heterocycles. The summed E-state index contributed by atoms with van der Waals surface area (Å²) in [7, 11) is 3.84. The summed E-state index contributed by atoms with van der Waals surface area (Å²) in [5.74, 6) is 1.38. The van der Waals surface area contributed by atoms with E-state index in [0.29, 0.717) is 12.5 Å². The molecule has 1 amide bonds. The number of likely N-dealkylation sites (tertiary alicyclic amines) is 1. The molecule has 7 heteroatoms. The van der Waals surface area contributed by atoms with Crippen LogP contribution in [0.25, 0.3) is 11.1 Å². The zero-order valence-electron chi connectivity index (χ0n) is 19.1. The number of hydrogen-bond acceptors (Lipinski definition) is 6. The van der Waals surface area contributed by atoms with Crippen molar-refractivity contribution in [2.45, 2.75) is 32.7 Å². The molecule has 7 nitrogen and oxygen atoms in total. The molecule has 0 spiro atoms. The van der Waals surface area contributed by atoms with Crippen molar-refractivity contribution in [2.24, 2.45) is 0 Å². The van der Waals surface area contributed by atoms with Crippen LogP contribution in [0.4, 0.5) is 5.95 Å². The number of aromatic nitrogens is 3. The normalized spacial score (nSPS) is 15.6. The summed E-state index contributed by atoms with van der Waals surface area (Å²) in [6.45, 7) is 4.70. The average Bonchev–Trinajstić information content (AvgIpc) is 3.29. The van der Waals surface area contributed by atoms with E-state index >= 15 is 0 Å². The molecule has 1 atom stereocenters. The van der Waals surface area contributed by atoms with Crippen LogP contribution in [0.5, 0.6) is 5.75 Å². The van der Waals surface area contributed by atoms with Crippen molar-refractivity contribution < 1.29 is 9.53 Å². The van der Waals surface area contributed by atoms with Gasteiger partial charge in [0.2, 0.25) is 5.95 Å². The van der Waals surface area contributed by atoms with Gasteiger partial charge in [0, 0.05) is 44.8 Å². The molecule has 166 valence electrons. The number of ether oxygens (including phenoxy) is 1. The minimum Gasteiger partial charge on any atom is -0.483 e. The van der Waals surface area contributed by atoms with E-state index in [-0.39, 0.29) is 18.6 Å². The summed E-state index contributed by atoms with van der Waals surface area (Å²) >= 11 is 0. The molecule has 0 unspecified atom stereocenters. The number of carbonyl (C=O) groups excluding carboxylic acids is 1. The standard InChI is InChI=1S/C25H29N5O2/c1-17-7-5-8-18(2)24(17)32-16-22(31)30-14-6-9-21(30)23-20(19-10-12-26-13-11-19)15-27-25(28-23)29(3)4/h5,7-8,10-13,15,21H,6,9,14,16H2,1-4H3/t21-/m0/s1. The first-order valence-corrected chi connectivity index (χ1v) is 10.9. The molecule has 1 aromatic carbocycles. The van der Waals surface area contributed by atoms with E-state index in [9.17, 15) is 4.79 Å². The van der Waals surface area contributed by atoms with E-state index in [2.05, 4.69) is 9.97 Å². The summed E-state index contributed by atoms with van der Waals surface area (Å²) in [5.41, 5.74) is 4.85. The van der Waals surface area contributed by atoms with Gasteiger partial charge in [0.05, 0.1) is 11.7 Å². The van der Waals surface area contributed by atoms with Crippen molar-refractivity contribution in [3.63, 3.8) is 0 Å². The molecule has 0 aliphatic carbocycles. The fourth-order valence-electron chi connectivity index (χ4n) is 4.20. The van der Waals surface area contributed by atoms with Gasteiger partial charge in [-0.1, -0.05) is 18.2 Å². The summed E-state index contributed by atoms with van der Waals surface area (Å²) in [6.07, 6.45) is 7.15. The van der Waals surface area contributed by atoms with Crippen LogP contribution in [-0.2, 0) is 4.79 Å². The van der Waals surface area contributed by atoms with Gasteiger partial charge < -0.3 is 14.5 Å². The second-order valence-electron chi connectivity index (χ2n) is 8.35. The first-order valence-electron chi connectivity index (χ1n) is 10.9. The predicted octanol–water partition coefficient (Wildman–Crippen LogP) is 3.96. The second-order valence-corrected chi connectivity index (χ2v) is 8.35. The third-order valence-corrected chi connectivity index (χ3v) is 5.83. The number of rotatable bonds is 6. The lowest BCUT2D eigenvalue weighted by atomic mass is 10.0. The van der Waals surface area contributed by atoms with Gasteiger partial charge in [0.25, 0.3) is 5.91 Å². The highest BCUT2D eigenvalue weighted by molar-refractivity contribution is 5.79. The molecule has 3 heterocycles. The van der Waals surface area contributed by atoms with Crippen LogP contribution in [0, 0.1) is 13.8 Å². The summed E-state index contributed by atoms with van der Waals surface area (Å²) < 4.78 is 5.96. The van der Waals surface area contributed by atoms with Crippen LogP contribution in [0.15, 0.2) is 48.9 Å². The summed E-state index contributed by atoms with van der Waals surface area (Å²) in [5, 5.41) is 0. The molecular weight excluding hydrogens is 402 g/mol. The maximum absolute atomic E-state index is 13.2. The zero-order chi connectivity index (χ0) is 22.7. The van der Waals surface area contributed by atoms with Crippen LogP contribution in [0.1, 0.15) is 35.7 Å². The monoisotopic (exact) mass is 431 g/mol. The predicted molar refractivity (Wildman–Crippen MR) is 125 cm³/mol. The van der Waals surface area contributed by atoms with Gasteiger partial charge in [-0.3, -0.25) is 9.78 Å². The summed E-state index contributed by atoms with van der Waals surface area (Å²) in [6, 6.07) is 9.76. The van der Waals surface area contributed by atoms with Crippen molar-refractivity contribution >= 4 is 11.9 Å². The lowest BCUT2D eigenvalue weighted by Gasteiger charge is -2.27. The Bertz CT molecular complexity index is 1080. The molecule has 4 rings (SSSR count). The highest BCUT2D eigenvalue weighted by Crippen LogP contribution is 2.37. The molecule has 0 saturated carbocycles. The number of hydrogen-bond donors (Lipinski definition) is 0. The largest absolute Gasteiger partial charge is 0.483 e. The minimum absolute atomic E-state index is 0.0123. The molecule has 0 bridgehead atoms. The van der Waals surface area contributed by atoms with E-state index in [0.717, 1.165) is 46.5 Å². The number of carbonyl (C=O) groups is 1. The minimum atomic E-state index is -0.117. The number of nitrogens with zero attached hydrogens (tertiary/aromatic N) is 5. The molecule has 1 fully saturated rings. The molecule has 32 heavy (non-hydrogen) atoms. The number of pyridine rings is 1. The molecule has 1 aliphatic heterocycles. The fourth-order valence-corrected chi connectivity index (χ4v) is 4.20. The smallest absolute Gasteiger partial charge is 0.261 e. The highest BCUT2D eigenvalue weighted by atomic mass is 16.5. The third kappa shape index (κ3) is 4.42. The second kappa shape index (κ2) is 9.34. The number of anilines is 1. The van der Waals surface area contributed by atoms with Crippen LogP contribution in [0.3, 0.4) is 0 Å². The fraction of sp³-hybridized carbons (Fsp3) is 0.360. The van der Waals surface area contributed by atoms with E-state index in [4.69, 9.17) is 9.72 Å². The Labute approximate surface area is 189 Å². The van der Waals surface area contributed by atoms with Crippen LogP contribution in [-0.4, -0.2) is 53.0 Å². The van der Waals surface area contributed by atoms with Crippen molar-refractivity contribution in [1.82, 2.24) is 19.9 Å². The maximum Gasteiger partial charge on any atom is 0.261 e. The molecule has 3 aromatic rings. The van der Waals surface area contributed by atoms with Crippen LogP contribution >= 0.6 is 0 Å². The lowest BCUT2D eigenvalue weighted by molar-refractivity contribution is -0.134. The van der Waals surface area contributed by atoms with Gasteiger partial charge in [-0.15, -0.1) is 0 Å². The SMILES string of the molecule is Cc1cccc(C)c1OCC(=O)N1CCC[C@H]1c1nc(N(C)C)ncc1-c1ccncc1. The average molecular weight is 432 g/mol. The summed E-state index contributed by atoms with van der Waals surface area (Å²) in [4.78, 5) is 30.5. The zero-order valence-corrected chi connectivity index (χ0v) is 19.1. The maximum atomic E-state index is 13.2. The number of amides is 1. The van der Waals surface area contributed by atoms with Crippen LogP contribution in [0.2, 0.25) is 0 Å². The number of aryl methyl sites for hydroxylation is 2. The van der Waals surface area contributed by atoms with E-state index in [1.807, 2.05) is 74.3 Å². The van der Waals surface area contributed by atoms with Crippen molar-refractivity contribution in [3.05, 3.63) is 65.7 Å². The quantitative estimate of drug-likeness (QED) is 0.588. The highest BCUT2D eigenvalue weighted by Gasteiger charge is 2.33. The van der Waals surface area contributed by atoms with E-state index in [1.54, 1.807) is 12.4 Å². The van der Waals surface area contributed by atoms with Crippen molar-refractivity contribution in [3.8, 4) is 16.9 Å². The molecule has 2 aromatic heterocycles. The Balaban J connectivity index is 1.62. The van der Waals surface area contributed by atoms with Crippen molar-refractivity contribution in [2.75, 3.05) is 32.1 Å². The Morgan fingerprint density at radius 1 is 1.16 bits per heavy atom. The topological polar surface area (TPSA) is 71.5 Å². The van der Waals surface area contributed by atoms with Gasteiger partial charge in [-0.25, -0.2) is 9.97 Å². The van der Waals surface area contributed by atoms with E-state index < -0.39 is 0 Å². The van der Waals surface area contributed by atoms with Gasteiger partial charge >= 0.3 is 0 Å². The van der Waals surface area contributed by atoms with Crippen molar-refractivity contribution in [1.29, 1.82) is 0 Å². The van der Waals surface area contributed by atoms with Gasteiger partial charge in [-0.2, -0.15) is 0 Å². The first-order chi connectivity index (χ1) is 15.5. The molecule has 0 N–H and O–H groups in total. The van der Waals surface area contributed by atoms with Crippen LogP contribution < -0.4 is 9.64 Å². The number of para-hydroxylation sites is 1. The Kier molecular flexibility index (Phi) is 6.35. The first kappa shape index (κ1) is 21.7. The van der Waals surface area contributed by atoms with E-state index in [1.165, 1.54) is 0 Å². The Morgan fingerprint density at radius 2 is 1.88 bits per heavy atom. The van der Waals surface area contributed by atoms with Gasteiger partial charge in [0.1, 0.15) is 5.75 Å². The molecule has 0 radical (unpaired) electrons. The Hall–Kier alpha value is -3.48. The molecular formula is C25H29N5O2. The Morgan fingerprint density at radius 3 is 2.56 bits per heavy atom. The lowest BCUT2D eigenvalue weighted by Crippen LogP contribution is -2.35. The van der Waals surface area contributed by atoms with Gasteiger partial charge in [0.15, 0.2) is 6.61 Å².